The van der Waals surface area contributed by atoms with Crippen LogP contribution in [-0.4, -0.2) is 41.5 Å². The number of carboxylic acid groups (broad SMARTS) is 1. The number of carbonyl (C=O) groups excluding carboxylic acids is 1. The fourth-order valence-corrected chi connectivity index (χ4v) is 2.02. The fourth-order valence-electron chi connectivity index (χ4n) is 2.02. The molecule has 1 amide bonds. The summed E-state index contributed by atoms with van der Waals surface area (Å²) in [6.07, 6.45) is 2.19. The molecule has 92 valence electrons. The number of likely N-dealkylation sites (tertiary alicyclic amines) is 1. The summed E-state index contributed by atoms with van der Waals surface area (Å²) in [6, 6.07) is 0. The lowest BCUT2D eigenvalue weighted by Gasteiger charge is -2.20. The van der Waals surface area contributed by atoms with E-state index in [2.05, 4.69) is 0 Å². The maximum absolute atomic E-state index is 11.9. The molecule has 3 N–H and O–H groups in total. The summed E-state index contributed by atoms with van der Waals surface area (Å²) in [6.45, 7) is 3.41. The molecule has 0 aromatic rings. The number of hydrogen-bond acceptors (Lipinski definition) is 3. The van der Waals surface area contributed by atoms with Gasteiger partial charge in [0.25, 0.3) is 0 Å². The average Bonchev–Trinajstić information content (AvgIpc) is 2.74. The van der Waals surface area contributed by atoms with Gasteiger partial charge in [0.2, 0.25) is 5.91 Å². The number of hydrogen-bond donors (Lipinski definition) is 2. The van der Waals surface area contributed by atoms with E-state index in [1.54, 1.807) is 4.90 Å². The summed E-state index contributed by atoms with van der Waals surface area (Å²) in [5.74, 6) is -1.16. The van der Waals surface area contributed by atoms with Crippen LogP contribution < -0.4 is 5.73 Å². The molecule has 5 heteroatoms. The van der Waals surface area contributed by atoms with Crippen molar-refractivity contribution in [1.82, 2.24) is 4.90 Å². The lowest BCUT2D eigenvalue weighted by molar-refractivity contribution is -0.141. The topological polar surface area (TPSA) is 83.6 Å². The predicted molar refractivity (Wildman–Crippen MR) is 59.8 cm³/mol. The van der Waals surface area contributed by atoms with Gasteiger partial charge in [-0.1, -0.05) is 6.92 Å². The summed E-state index contributed by atoms with van der Waals surface area (Å²) in [7, 11) is 0. The van der Waals surface area contributed by atoms with Gasteiger partial charge in [0, 0.05) is 19.0 Å². The van der Waals surface area contributed by atoms with Gasteiger partial charge >= 0.3 is 5.97 Å². The molecule has 16 heavy (non-hydrogen) atoms. The monoisotopic (exact) mass is 228 g/mol. The molecule has 0 radical (unpaired) electrons. The molecular weight excluding hydrogens is 208 g/mol. The first-order valence-corrected chi connectivity index (χ1v) is 5.78. The third-order valence-corrected chi connectivity index (χ3v) is 3.11. The van der Waals surface area contributed by atoms with E-state index >= 15 is 0 Å². The number of carbonyl (C=O) groups is 2. The maximum Gasteiger partial charge on any atom is 0.308 e. The molecule has 0 saturated carbocycles. The smallest absolute Gasteiger partial charge is 0.308 e. The van der Waals surface area contributed by atoms with Gasteiger partial charge in [-0.25, -0.2) is 0 Å². The van der Waals surface area contributed by atoms with Crippen molar-refractivity contribution in [1.29, 1.82) is 0 Å². The number of aliphatic carboxylic acids is 1. The van der Waals surface area contributed by atoms with E-state index in [0.717, 1.165) is 12.8 Å². The van der Waals surface area contributed by atoms with Crippen LogP contribution in [0.15, 0.2) is 0 Å². The highest BCUT2D eigenvalue weighted by Crippen LogP contribution is 2.20. The zero-order valence-corrected chi connectivity index (χ0v) is 9.69. The zero-order valence-electron chi connectivity index (χ0n) is 9.69. The molecule has 1 saturated heterocycles. The Balaban J connectivity index is 2.41. The lowest BCUT2D eigenvalue weighted by Crippen LogP contribution is -2.34. The van der Waals surface area contributed by atoms with Crippen molar-refractivity contribution < 1.29 is 14.7 Å². The second-order valence-corrected chi connectivity index (χ2v) is 4.44. The molecule has 1 fully saturated rings. The van der Waals surface area contributed by atoms with Crippen molar-refractivity contribution in [3.63, 3.8) is 0 Å². The van der Waals surface area contributed by atoms with Crippen LogP contribution in [0.25, 0.3) is 0 Å². The number of amides is 1. The highest BCUT2D eigenvalue weighted by molar-refractivity contribution is 5.80. The van der Waals surface area contributed by atoms with Gasteiger partial charge in [-0.3, -0.25) is 9.59 Å². The van der Waals surface area contributed by atoms with E-state index in [1.807, 2.05) is 6.92 Å². The van der Waals surface area contributed by atoms with Gasteiger partial charge in [0.05, 0.1) is 5.92 Å². The standard InChI is InChI=1S/C11H20N2O3/c1-8(3-2-5-12)10(14)13-6-4-9(7-13)11(15)16/h8-9H,2-7,12H2,1H3,(H,15,16). The quantitative estimate of drug-likeness (QED) is 0.708. The number of rotatable bonds is 5. The van der Waals surface area contributed by atoms with Crippen LogP contribution in [0.1, 0.15) is 26.2 Å². The van der Waals surface area contributed by atoms with Crippen LogP contribution in [0.2, 0.25) is 0 Å². The van der Waals surface area contributed by atoms with E-state index in [9.17, 15) is 9.59 Å². The minimum Gasteiger partial charge on any atom is -0.481 e. The zero-order chi connectivity index (χ0) is 12.1. The molecule has 0 spiro atoms. The average molecular weight is 228 g/mol. The van der Waals surface area contributed by atoms with Crippen molar-refractivity contribution in [3.8, 4) is 0 Å². The van der Waals surface area contributed by atoms with E-state index in [1.165, 1.54) is 0 Å². The van der Waals surface area contributed by atoms with E-state index < -0.39 is 5.97 Å². The molecule has 1 aliphatic heterocycles. The van der Waals surface area contributed by atoms with Gasteiger partial charge in [-0.15, -0.1) is 0 Å². The molecule has 1 heterocycles. The minimum atomic E-state index is -0.801. The van der Waals surface area contributed by atoms with Crippen molar-refractivity contribution in [3.05, 3.63) is 0 Å². The molecule has 5 nitrogen and oxygen atoms in total. The van der Waals surface area contributed by atoms with E-state index in [-0.39, 0.29) is 17.7 Å². The Labute approximate surface area is 95.6 Å². The normalized spacial score (nSPS) is 22.1. The lowest BCUT2D eigenvalue weighted by atomic mass is 10.0. The Morgan fingerprint density at radius 1 is 1.56 bits per heavy atom. The van der Waals surface area contributed by atoms with Crippen LogP contribution in [0.3, 0.4) is 0 Å². The maximum atomic E-state index is 11.9. The summed E-state index contributed by atoms with van der Waals surface area (Å²) >= 11 is 0. The first kappa shape index (κ1) is 13.0. The number of nitrogens with zero attached hydrogens (tertiary/aromatic N) is 1. The molecule has 2 atom stereocenters. The van der Waals surface area contributed by atoms with Crippen molar-refractivity contribution in [2.45, 2.75) is 26.2 Å². The Kier molecular flexibility index (Phi) is 4.73. The van der Waals surface area contributed by atoms with E-state index in [0.29, 0.717) is 26.1 Å². The summed E-state index contributed by atoms with van der Waals surface area (Å²) in [5.41, 5.74) is 5.39. The first-order valence-electron chi connectivity index (χ1n) is 5.78. The van der Waals surface area contributed by atoms with Gasteiger partial charge in [-0.2, -0.15) is 0 Å². The summed E-state index contributed by atoms with van der Waals surface area (Å²) in [4.78, 5) is 24.3. The highest BCUT2D eigenvalue weighted by Gasteiger charge is 2.32. The van der Waals surface area contributed by atoms with Crippen molar-refractivity contribution >= 4 is 11.9 Å². The number of nitrogens with two attached hydrogens (primary N) is 1. The van der Waals surface area contributed by atoms with Crippen LogP contribution in [0.5, 0.6) is 0 Å². The predicted octanol–water partition coefficient (Wildman–Crippen LogP) is 0.295. The largest absolute Gasteiger partial charge is 0.481 e. The molecule has 0 aromatic carbocycles. The van der Waals surface area contributed by atoms with E-state index in [4.69, 9.17) is 10.8 Å². The summed E-state index contributed by atoms with van der Waals surface area (Å²) < 4.78 is 0. The summed E-state index contributed by atoms with van der Waals surface area (Å²) in [5, 5.41) is 8.84. The van der Waals surface area contributed by atoms with Gasteiger partial charge < -0.3 is 15.7 Å². The highest BCUT2D eigenvalue weighted by atomic mass is 16.4. The second kappa shape index (κ2) is 5.84. The van der Waals surface area contributed by atoms with Gasteiger partial charge in [-0.05, 0) is 25.8 Å². The van der Waals surface area contributed by atoms with Crippen molar-refractivity contribution in [2.75, 3.05) is 19.6 Å². The Morgan fingerprint density at radius 3 is 2.75 bits per heavy atom. The molecule has 1 aliphatic rings. The van der Waals surface area contributed by atoms with Crippen LogP contribution in [0, 0.1) is 11.8 Å². The molecule has 1 rings (SSSR count). The van der Waals surface area contributed by atoms with Gasteiger partial charge in [0.15, 0.2) is 0 Å². The second-order valence-electron chi connectivity index (χ2n) is 4.44. The number of carboxylic acids is 1. The third-order valence-electron chi connectivity index (χ3n) is 3.11. The van der Waals surface area contributed by atoms with Crippen molar-refractivity contribution in [2.24, 2.45) is 17.6 Å². The van der Waals surface area contributed by atoms with Crippen LogP contribution in [0.4, 0.5) is 0 Å². The molecule has 0 bridgehead atoms. The first-order chi connectivity index (χ1) is 7.56. The Bertz CT molecular complexity index is 268. The third kappa shape index (κ3) is 3.20. The van der Waals surface area contributed by atoms with Gasteiger partial charge in [0.1, 0.15) is 0 Å². The molecular formula is C11H20N2O3. The fraction of sp³-hybridized carbons (Fsp3) is 0.818. The molecule has 2 unspecified atom stereocenters. The molecule has 0 aliphatic carbocycles. The Hall–Kier alpha value is -1.10. The van der Waals surface area contributed by atoms with Crippen LogP contribution in [-0.2, 0) is 9.59 Å². The van der Waals surface area contributed by atoms with Crippen LogP contribution >= 0.6 is 0 Å². The molecule has 0 aromatic heterocycles. The minimum absolute atomic E-state index is 0.0453. The Morgan fingerprint density at radius 2 is 2.25 bits per heavy atom. The SMILES string of the molecule is CC(CCCN)C(=O)N1CCC(C(=O)O)C1.